The zero-order valence-electron chi connectivity index (χ0n) is 14.4. The largest absolute Gasteiger partial charge is 0.487 e. The molecule has 0 saturated carbocycles. The number of amides is 1. The molecular weight excluding hydrogens is 326 g/mol. The maximum absolute atomic E-state index is 12.3. The highest BCUT2D eigenvalue weighted by Crippen LogP contribution is 2.26. The SMILES string of the molecule is O=C(Nc1ccc2cccc(OCc3ccccc3)c2n1)[C@@H]1CCCN1. The number of nitrogens with zero attached hydrogens (tertiary/aromatic N) is 1. The molecule has 0 unspecified atom stereocenters. The van der Waals surface area contributed by atoms with Crippen LogP contribution in [0.1, 0.15) is 18.4 Å². The molecule has 2 heterocycles. The molecule has 0 spiro atoms. The quantitative estimate of drug-likeness (QED) is 0.741. The Bertz CT molecular complexity index is 906. The summed E-state index contributed by atoms with van der Waals surface area (Å²) >= 11 is 0. The molecule has 5 heteroatoms. The number of ether oxygens (including phenoxy) is 1. The van der Waals surface area contributed by atoms with Crippen molar-refractivity contribution < 1.29 is 9.53 Å². The lowest BCUT2D eigenvalue weighted by molar-refractivity contribution is -0.117. The molecule has 26 heavy (non-hydrogen) atoms. The highest BCUT2D eigenvalue weighted by molar-refractivity contribution is 5.95. The van der Waals surface area contributed by atoms with E-state index >= 15 is 0 Å². The zero-order valence-corrected chi connectivity index (χ0v) is 14.4. The van der Waals surface area contributed by atoms with E-state index < -0.39 is 0 Å². The van der Waals surface area contributed by atoms with Gasteiger partial charge in [0.05, 0.1) is 6.04 Å². The minimum atomic E-state index is -0.128. The topological polar surface area (TPSA) is 63.2 Å². The number of fused-ring (bicyclic) bond motifs is 1. The van der Waals surface area contributed by atoms with Crippen LogP contribution < -0.4 is 15.4 Å². The van der Waals surface area contributed by atoms with E-state index in [0.29, 0.717) is 18.2 Å². The number of carbonyl (C=O) groups excluding carboxylic acids is 1. The van der Waals surface area contributed by atoms with Crippen LogP contribution in [0.5, 0.6) is 5.75 Å². The summed E-state index contributed by atoms with van der Waals surface area (Å²) in [6.45, 7) is 1.37. The van der Waals surface area contributed by atoms with Gasteiger partial charge in [0.1, 0.15) is 23.7 Å². The van der Waals surface area contributed by atoms with Gasteiger partial charge in [-0.3, -0.25) is 4.79 Å². The second-order valence-electron chi connectivity index (χ2n) is 6.44. The third-order valence-electron chi connectivity index (χ3n) is 4.55. The molecule has 2 N–H and O–H groups in total. The Morgan fingerprint density at radius 3 is 2.81 bits per heavy atom. The molecule has 4 rings (SSSR count). The fourth-order valence-corrected chi connectivity index (χ4v) is 3.16. The molecule has 1 saturated heterocycles. The van der Waals surface area contributed by atoms with Gasteiger partial charge in [0.15, 0.2) is 0 Å². The van der Waals surface area contributed by atoms with E-state index in [2.05, 4.69) is 15.6 Å². The van der Waals surface area contributed by atoms with Crippen LogP contribution in [0.25, 0.3) is 10.9 Å². The lowest BCUT2D eigenvalue weighted by Gasteiger charge is -2.12. The zero-order chi connectivity index (χ0) is 17.8. The average Bonchev–Trinajstić information content (AvgIpc) is 3.22. The van der Waals surface area contributed by atoms with Gasteiger partial charge in [0.25, 0.3) is 0 Å². The van der Waals surface area contributed by atoms with Crippen LogP contribution in [0, 0.1) is 0 Å². The third kappa shape index (κ3) is 3.68. The number of hydrogen-bond donors (Lipinski definition) is 2. The van der Waals surface area contributed by atoms with E-state index in [1.54, 1.807) is 0 Å². The number of rotatable bonds is 5. The Balaban J connectivity index is 1.54. The van der Waals surface area contributed by atoms with Crippen molar-refractivity contribution in [2.45, 2.75) is 25.5 Å². The molecule has 1 fully saturated rings. The molecule has 0 aliphatic carbocycles. The number of benzene rings is 2. The van der Waals surface area contributed by atoms with E-state index in [4.69, 9.17) is 4.74 Å². The van der Waals surface area contributed by atoms with Crippen molar-refractivity contribution in [3.05, 3.63) is 66.2 Å². The van der Waals surface area contributed by atoms with E-state index in [1.165, 1.54) is 0 Å². The fourth-order valence-electron chi connectivity index (χ4n) is 3.16. The molecule has 1 aromatic heterocycles. The van der Waals surface area contributed by atoms with Crippen molar-refractivity contribution in [3.63, 3.8) is 0 Å². The Kier molecular flexibility index (Phi) is 4.80. The fraction of sp³-hybridized carbons (Fsp3) is 0.238. The monoisotopic (exact) mass is 347 g/mol. The first kappa shape index (κ1) is 16.5. The summed E-state index contributed by atoms with van der Waals surface area (Å²) in [5.74, 6) is 1.23. The third-order valence-corrected chi connectivity index (χ3v) is 4.55. The van der Waals surface area contributed by atoms with Gasteiger partial charge in [0.2, 0.25) is 5.91 Å². The summed E-state index contributed by atoms with van der Waals surface area (Å²) in [5, 5.41) is 7.09. The van der Waals surface area contributed by atoms with Gasteiger partial charge >= 0.3 is 0 Å². The van der Waals surface area contributed by atoms with Crippen LogP contribution in [0.2, 0.25) is 0 Å². The van der Waals surface area contributed by atoms with Crippen LogP contribution in [-0.4, -0.2) is 23.5 Å². The molecule has 132 valence electrons. The number of para-hydroxylation sites is 1. The maximum atomic E-state index is 12.3. The Labute approximate surface area is 152 Å². The van der Waals surface area contributed by atoms with Crippen LogP contribution in [0.15, 0.2) is 60.7 Å². The van der Waals surface area contributed by atoms with E-state index in [9.17, 15) is 4.79 Å². The van der Waals surface area contributed by atoms with Crippen LogP contribution in [0.3, 0.4) is 0 Å². The van der Waals surface area contributed by atoms with Crippen molar-refractivity contribution in [3.8, 4) is 5.75 Å². The molecule has 3 aromatic rings. The summed E-state index contributed by atoms with van der Waals surface area (Å²) in [6.07, 6.45) is 1.89. The average molecular weight is 347 g/mol. The van der Waals surface area contributed by atoms with E-state index in [0.717, 1.165) is 35.9 Å². The van der Waals surface area contributed by atoms with Crippen LogP contribution in [0.4, 0.5) is 5.82 Å². The van der Waals surface area contributed by atoms with Gasteiger partial charge in [-0.05, 0) is 43.1 Å². The van der Waals surface area contributed by atoms with Crippen molar-refractivity contribution >= 4 is 22.6 Å². The smallest absolute Gasteiger partial charge is 0.242 e. The van der Waals surface area contributed by atoms with Crippen LogP contribution in [-0.2, 0) is 11.4 Å². The Morgan fingerprint density at radius 2 is 2.00 bits per heavy atom. The normalized spacial score (nSPS) is 16.5. The number of pyridine rings is 1. The predicted octanol–water partition coefficient (Wildman–Crippen LogP) is 3.50. The summed E-state index contributed by atoms with van der Waals surface area (Å²) in [5.41, 5.74) is 1.85. The second-order valence-corrected chi connectivity index (χ2v) is 6.44. The number of carbonyl (C=O) groups is 1. The van der Waals surface area contributed by atoms with E-state index in [-0.39, 0.29) is 11.9 Å². The van der Waals surface area contributed by atoms with Gasteiger partial charge < -0.3 is 15.4 Å². The summed E-state index contributed by atoms with van der Waals surface area (Å²) in [4.78, 5) is 16.9. The van der Waals surface area contributed by atoms with Crippen molar-refractivity contribution in [1.82, 2.24) is 10.3 Å². The molecule has 5 nitrogen and oxygen atoms in total. The lowest BCUT2D eigenvalue weighted by Crippen LogP contribution is -2.35. The molecule has 1 amide bonds. The number of nitrogens with one attached hydrogen (secondary N) is 2. The first-order valence-corrected chi connectivity index (χ1v) is 8.90. The molecule has 1 aliphatic heterocycles. The highest BCUT2D eigenvalue weighted by Gasteiger charge is 2.22. The molecule has 0 radical (unpaired) electrons. The summed E-state index contributed by atoms with van der Waals surface area (Å²) < 4.78 is 5.98. The number of anilines is 1. The minimum absolute atomic E-state index is 0.0305. The second kappa shape index (κ2) is 7.54. The number of hydrogen-bond acceptors (Lipinski definition) is 4. The van der Waals surface area contributed by atoms with Crippen LogP contribution >= 0.6 is 0 Å². The van der Waals surface area contributed by atoms with Gasteiger partial charge in [-0.1, -0.05) is 42.5 Å². The predicted molar refractivity (Wildman–Crippen MR) is 102 cm³/mol. The van der Waals surface area contributed by atoms with Gasteiger partial charge in [-0.25, -0.2) is 4.98 Å². The van der Waals surface area contributed by atoms with Crippen molar-refractivity contribution in [2.24, 2.45) is 0 Å². The lowest BCUT2D eigenvalue weighted by atomic mass is 10.2. The van der Waals surface area contributed by atoms with Gasteiger partial charge in [-0.15, -0.1) is 0 Å². The Hall–Kier alpha value is -2.92. The first-order valence-electron chi connectivity index (χ1n) is 8.90. The van der Waals surface area contributed by atoms with Crippen molar-refractivity contribution in [2.75, 3.05) is 11.9 Å². The molecule has 1 aliphatic rings. The molecule has 0 bridgehead atoms. The first-order chi connectivity index (χ1) is 12.8. The number of aromatic nitrogens is 1. The van der Waals surface area contributed by atoms with E-state index in [1.807, 2.05) is 60.7 Å². The molecular formula is C21H21N3O2. The molecule has 2 aromatic carbocycles. The highest BCUT2D eigenvalue weighted by atomic mass is 16.5. The van der Waals surface area contributed by atoms with Gasteiger partial charge in [0, 0.05) is 5.39 Å². The van der Waals surface area contributed by atoms with Crippen molar-refractivity contribution in [1.29, 1.82) is 0 Å². The minimum Gasteiger partial charge on any atom is -0.487 e. The Morgan fingerprint density at radius 1 is 1.12 bits per heavy atom. The standard InChI is InChI=1S/C21H21N3O2/c25-21(17-9-5-13-22-17)24-19-12-11-16-8-4-10-18(20(16)23-19)26-14-15-6-2-1-3-7-15/h1-4,6-8,10-12,17,22H,5,9,13-14H2,(H,23,24,25)/t17-/m0/s1. The van der Waals surface area contributed by atoms with Gasteiger partial charge in [-0.2, -0.15) is 0 Å². The summed E-state index contributed by atoms with van der Waals surface area (Å²) in [6, 6.07) is 19.5. The molecule has 1 atom stereocenters. The summed E-state index contributed by atoms with van der Waals surface area (Å²) in [7, 11) is 0. The maximum Gasteiger partial charge on any atom is 0.242 e.